The van der Waals surface area contributed by atoms with Gasteiger partial charge in [0.1, 0.15) is 11.9 Å². The molecule has 2 aromatic heterocycles. The standard InChI is InChI=1S/C26H31ClFN3O3S/c1-34-19-4-5-23-20(15-19)24(21(27)16-29-23)22(28)6-8-26(25(32)30-33)9-12-31(13-10-26)11-2-3-18-7-14-35-17-18/h4-5,7,14-17,22,33H,2-3,6,8-13H2,1H3,(H,30,32)/t22-/m1/s1. The van der Waals surface area contributed by atoms with E-state index >= 15 is 4.39 Å². The van der Waals surface area contributed by atoms with Gasteiger partial charge in [0.2, 0.25) is 5.91 Å². The van der Waals surface area contributed by atoms with Crippen molar-refractivity contribution in [3.8, 4) is 5.75 Å². The number of amides is 1. The number of thiophene rings is 1. The summed E-state index contributed by atoms with van der Waals surface area (Å²) in [5.41, 5.74) is 3.38. The van der Waals surface area contributed by atoms with Crippen LogP contribution in [0.2, 0.25) is 5.02 Å². The van der Waals surface area contributed by atoms with Gasteiger partial charge in [0.05, 0.1) is 23.1 Å². The summed E-state index contributed by atoms with van der Waals surface area (Å²) in [6.07, 6.45) is 3.74. The first kappa shape index (κ1) is 25.8. The number of carbonyl (C=O) groups is 1. The van der Waals surface area contributed by atoms with Gasteiger partial charge in [0.15, 0.2) is 0 Å². The van der Waals surface area contributed by atoms with E-state index < -0.39 is 17.5 Å². The van der Waals surface area contributed by atoms with Gasteiger partial charge in [-0.05, 0) is 98.7 Å². The van der Waals surface area contributed by atoms with Gasteiger partial charge in [-0.15, -0.1) is 0 Å². The lowest BCUT2D eigenvalue weighted by Gasteiger charge is -2.40. The maximum absolute atomic E-state index is 15.7. The molecule has 1 amide bonds. The third kappa shape index (κ3) is 5.94. The minimum atomic E-state index is -1.38. The molecule has 1 atom stereocenters. The van der Waals surface area contributed by atoms with Gasteiger partial charge in [-0.1, -0.05) is 11.6 Å². The number of piperidine rings is 1. The van der Waals surface area contributed by atoms with Gasteiger partial charge in [-0.25, -0.2) is 9.87 Å². The number of hydrogen-bond donors (Lipinski definition) is 2. The lowest BCUT2D eigenvalue weighted by molar-refractivity contribution is -0.143. The Bertz CT molecular complexity index is 1140. The average molecular weight is 520 g/mol. The number of carbonyl (C=O) groups excluding carboxylic acids is 1. The third-order valence-corrected chi connectivity index (χ3v) is 8.21. The fourth-order valence-corrected chi connectivity index (χ4v) is 5.99. The number of alkyl halides is 1. The number of rotatable bonds is 10. The summed E-state index contributed by atoms with van der Waals surface area (Å²) in [4.78, 5) is 19.4. The number of halogens is 2. The van der Waals surface area contributed by atoms with Crippen LogP contribution in [0.5, 0.6) is 5.75 Å². The Morgan fingerprint density at radius 2 is 2.17 bits per heavy atom. The van der Waals surface area contributed by atoms with Crippen LogP contribution < -0.4 is 10.2 Å². The van der Waals surface area contributed by atoms with E-state index in [2.05, 4.69) is 26.7 Å². The van der Waals surface area contributed by atoms with Crippen molar-refractivity contribution in [3.05, 3.63) is 57.4 Å². The molecule has 2 N–H and O–H groups in total. The Morgan fingerprint density at radius 3 is 2.86 bits per heavy atom. The first-order chi connectivity index (χ1) is 17.0. The smallest absolute Gasteiger partial charge is 0.249 e. The van der Waals surface area contributed by atoms with E-state index in [-0.39, 0.29) is 11.4 Å². The second-order valence-electron chi connectivity index (χ2n) is 9.21. The number of likely N-dealkylation sites (tertiary alicyclic amines) is 1. The predicted octanol–water partition coefficient (Wildman–Crippen LogP) is 5.97. The maximum Gasteiger partial charge on any atom is 0.249 e. The Hall–Kier alpha value is -2.26. The van der Waals surface area contributed by atoms with E-state index in [9.17, 15) is 10.0 Å². The van der Waals surface area contributed by atoms with Gasteiger partial charge in [0.25, 0.3) is 0 Å². The van der Waals surface area contributed by atoms with E-state index in [1.54, 1.807) is 36.6 Å². The topological polar surface area (TPSA) is 74.7 Å². The van der Waals surface area contributed by atoms with Crippen molar-refractivity contribution in [2.75, 3.05) is 26.7 Å². The number of aromatic nitrogens is 1. The molecule has 1 aliphatic rings. The van der Waals surface area contributed by atoms with Crippen molar-refractivity contribution in [1.29, 1.82) is 0 Å². The highest BCUT2D eigenvalue weighted by atomic mass is 35.5. The first-order valence-electron chi connectivity index (χ1n) is 11.9. The minimum absolute atomic E-state index is 0.113. The van der Waals surface area contributed by atoms with E-state index in [0.717, 1.165) is 32.5 Å². The van der Waals surface area contributed by atoms with Crippen LogP contribution in [-0.2, 0) is 11.2 Å². The SMILES string of the molecule is COc1ccc2ncc(Cl)c([C@H](F)CCC3(C(=O)NO)CCN(CCCc4ccsc4)CC3)c2c1. The lowest BCUT2D eigenvalue weighted by Crippen LogP contribution is -2.48. The Kier molecular flexibility index (Phi) is 8.59. The number of ether oxygens (including phenoxy) is 1. The molecule has 0 aliphatic carbocycles. The van der Waals surface area contributed by atoms with Crippen molar-refractivity contribution in [2.24, 2.45) is 5.41 Å². The van der Waals surface area contributed by atoms with Gasteiger partial charge >= 0.3 is 0 Å². The number of fused-ring (bicyclic) bond motifs is 1. The molecule has 1 fully saturated rings. The largest absolute Gasteiger partial charge is 0.497 e. The maximum atomic E-state index is 15.7. The van der Waals surface area contributed by atoms with E-state index in [0.29, 0.717) is 41.5 Å². The van der Waals surface area contributed by atoms with Gasteiger partial charge < -0.3 is 9.64 Å². The van der Waals surface area contributed by atoms with Crippen LogP contribution in [0.25, 0.3) is 10.9 Å². The molecule has 35 heavy (non-hydrogen) atoms. The Balaban J connectivity index is 1.42. The molecule has 188 valence electrons. The number of hydrogen-bond acceptors (Lipinski definition) is 6. The number of pyridine rings is 1. The van der Waals surface area contributed by atoms with Crippen molar-refractivity contribution in [2.45, 2.75) is 44.7 Å². The molecule has 6 nitrogen and oxygen atoms in total. The van der Waals surface area contributed by atoms with Crippen LogP contribution >= 0.6 is 22.9 Å². The highest BCUT2D eigenvalue weighted by molar-refractivity contribution is 7.07. The fourth-order valence-electron chi connectivity index (χ4n) is 5.02. The fraction of sp³-hybridized carbons (Fsp3) is 0.462. The molecule has 1 aromatic carbocycles. The van der Waals surface area contributed by atoms with Crippen molar-refractivity contribution in [3.63, 3.8) is 0 Å². The molecule has 0 spiro atoms. The summed E-state index contributed by atoms with van der Waals surface area (Å²) >= 11 is 8.09. The minimum Gasteiger partial charge on any atom is -0.497 e. The number of nitrogens with one attached hydrogen (secondary N) is 1. The Morgan fingerprint density at radius 1 is 1.37 bits per heavy atom. The van der Waals surface area contributed by atoms with Gasteiger partial charge in [0, 0.05) is 17.1 Å². The zero-order chi connectivity index (χ0) is 24.8. The zero-order valence-electron chi connectivity index (χ0n) is 19.8. The van der Waals surface area contributed by atoms with Gasteiger partial charge in [-0.3, -0.25) is 15.0 Å². The molecular weight excluding hydrogens is 489 g/mol. The molecule has 1 aliphatic heterocycles. The summed E-state index contributed by atoms with van der Waals surface area (Å²) < 4.78 is 21.0. The number of aryl methyl sites for hydroxylation is 1. The first-order valence-corrected chi connectivity index (χ1v) is 13.2. The quantitative estimate of drug-likeness (QED) is 0.255. The molecule has 3 aromatic rings. The molecule has 0 bridgehead atoms. The molecular formula is C26H31ClFN3O3S. The summed E-state index contributed by atoms with van der Waals surface area (Å²) in [6, 6.07) is 7.44. The molecule has 9 heteroatoms. The predicted molar refractivity (Wildman–Crippen MR) is 137 cm³/mol. The highest BCUT2D eigenvalue weighted by Gasteiger charge is 2.41. The van der Waals surface area contributed by atoms with E-state index in [1.807, 2.05) is 5.48 Å². The molecule has 0 radical (unpaired) electrons. The molecule has 0 saturated carbocycles. The van der Waals surface area contributed by atoms with Crippen molar-refractivity contribution < 1.29 is 19.1 Å². The number of methoxy groups -OCH3 is 1. The summed E-state index contributed by atoms with van der Waals surface area (Å²) in [5, 5.41) is 14.6. The lowest BCUT2D eigenvalue weighted by atomic mass is 9.73. The molecule has 4 rings (SSSR count). The molecule has 1 saturated heterocycles. The second kappa shape index (κ2) is 11.6. The summed E-state index contributed by atoms with van der Waals surface area (Å²) in [7, 11) is 1.55. The van der Waals surface area contributed by atoms with Crippen LogP contribution in [0.15, 0.2) is 41.2 Å². The van der Waals surface area contributed by atoms with E-state index in [1.165, 1.54) is 11.8 Å². The molecule has 0 unspecified atom stereocenters. The van der Waals surface area contributed by atoms with Crippen LogP contribution in [-0.4, -0.2) is 47.7 Å². The van der Waals surface area contributed by atoms with E-state index in [4.69, 9.17) is 16.3 Å². The van der Waals surface area contributed by atoms with Crippen molar-refractivity contribution in [1.82, 2.24) is 15.4 Å². The molecule has 3 heterocycles. The number of benzene rings is 1. The summed E-state index contributed by atoms with van der Waals surface area (Å²) in [5.74, 6) is 0.160. The third-order valence-electron chi connectivity index (χ3n) is 7.17. The zero-order valence-corrected chi connectivity index (χ0v) is 21.4. The number of nitrogens with zero attached hydrogens (tertiary/aromatic N) is 2. The number of hydroxylamine groups is 1. The van der Waals surface area contributed by atoms with Crippen molar-refractivity contribution >= 4 is 39.7 Å². The van der Waals surface area contributed by atoms with Crippen LogP contribution in [0.4, 0.5) is 4.39 Å². The van der Waals surface area contributed by atoms with Crippen LogP contribution in [0.3, 0.4) is 0 Å². The van der Waals surface area contributed by atoms with Crippen LogP contribution in [0.1, 0.15) is 49.4 Å². The second-order valence-corrected chi connectivity index (χ2v) is 10.4. The van der Waals surface area contributed by atoms with Gasteiger partial charge in [-0.2, -0.15) is 11.3 Å². The van der Waals surface area contributed by atoms with Crippen LogP contribution in [0, 0.1) is 5.41 Å². The normalized spacial score (nSPS) is 16.8. The monoisotopic (exact) mass is 519 g/mol. The summed E-state index contributed by atoms with van der Waals surface area (Å²) in [6.45, 7) is 2.44. The highest BCUT2D eigenvalue weighted by Crippen LogP contribution is 2.42. The average Bonchev–Trinajstić information content (AvgIpc) is 3.40. The Labute approximate surface area is 214 Å².